The van der Waals surface area contributed by atoms with E-state index in [2.05, 4.69) is 34.7 Å². The number of alkyl halides is 1. The number of ether oxygens (including phenoxy) is 2. The summed E-state index contributed by atoms with van der Waals surface area (Å²) in [4.78, 5) is 0. The zero-order valence-corrected chi connectivity index (χ0v) is 11.6. The van der Waals surface area contributed by atoms with Gasteiger partial charge in [-0.3, -0.25) is 0 Å². The van der Waals surface area contributed by atoms with Crippen molar-refractivity contribution in [2.45, 2.75) is 18.9 Å². The van der Waals surface area contributed by atoms with E-state index in [0.717, 1.165) is 22.7 Å². The highest BCUT2D eigenvalue weighted by atomic mass is 127. The van der Waals surface area contributed by atoms with Crippen molar-refractivity contribution in [1.29, 1.82) is 0 Å². The van der Waals surface area contributed by atoms with Gasteiger partial charge in [-0.15, -0.1) is 0 Å². The Kier molecular flexibility index (Phi) is 4.46. The van der Waals surface area contributed by atoms with Gasteiger partial charge >= 0.3 is 0 Å². The quantitative estimate of drug-likeness (QED) is 0.585. The Morgan fingerprint density at radius 2 is 2.25 bits per heavy atom. The lowest BCUT2D eigenvalue weighted by atomic mass is 10.1. The van der Waals surface area contributed by atoms with E-state index in [1.54, 1.807) is 7.11 Å². The Hall–Kier alpha value is -0.290. The van der Waals surface area contributed by atoms with Crippen LogP contribution in [0.4, 0.5) is 0 Å². The van der Waals surface area contributed by atoms with E-state index in [1.165, 1.54) is 18.4 Å². The van der Waals surface area contributed by atoms with Crippen LogP contribution in [0.3, 0.4) is 0 Å². The summed E-state index contributed by atoms with van der Waals surface area (Å²) in [6.07, 6.45) is 2.88. The summed E-state index contributed by atoms with van der Waals surface area (Å²) < 4.78 is 12.2. The van der Waals surface area contributed by atoms with E-state index < -0.39 is 0 Å². The smallest absolute Gasteiger partial charge is 0.119 e. The minimum atomic E-state index is 0.205. The fraction of sp³-hybridized carbons (Fsp3) is 0.538. The molecule has 0 amide bonds. The first-order valence-electron chi connectivity index (χ1n) is 5.65. The van der Waals surface area contributed by atoms with Gasteiger partial charge in [-0.25, -0.2) is 0 Å². The molecule has 0 saturated heterocycles. The van der Waals surface area contributed by atoms with Crippen LogP contribution in [-0.2, 0) is 4.74 Å². The number of methoxy groups -OCH3 is 1. The van der Waals surface area contributed by atoms with Crippen molar-refractivity contribution in [3.63, 3.8) is 0 Å². The monoisotopic (exact) mass is 332 g/mol. The minimum Gasteiger partial charge on any atom is -0.497 e. The van der Waals surface area contributed by atoms with Gasteiger partial charge in [0.25, 0.3) is 0 Å². The first kappa shape index (κ1) is 12.2. The number of benzene rings is 1. The summed E-state index contributed by atoms with van der Waals surface area (Å²) in [5.74, 6) is 1.72. The minimum absolute atomic E-state index is 0.205. The van der Waals surface area contributed by atoms with Gasteiger partial charge < -0.3 is 9.47 Å². The van der Waals surface area contributed by atoms with Crippen LogP contribution >= 0.6 is 22.6 Å². The zero-order valence-electron chi connectivity index (χ0n) is 9.49. The molecule has 0 heterocycles. The molecule has 2 rings (SSSR count). The molecule has 0 radical (unpaired) electrons. The highest BCUT2D eigenvalue weighted by Crippen LogP contribution is 2.32. The van der Waals surface area contributed by atoms with Gasteiger partial charge in [0.2, 0.25) is 0 Å². The van der Waals surface area contributed by atoms with Crippen LogP contribution in [0.15, 0.2) is 24.3 Å². The molecule has 0 aliphatic heterocycles. The number of hydrogen-bond acceptors (Lipinski definition) is 2. The highest BCUT2D eigenvalue weighted by Gasteiger charge is 2.23. The molecule has 1 fully saturated rings. The first-order valence-corrected chi connectivity index (χ1v) is 7.17. The van der Waals surface area contributed by atoms with Gasteiger partial charge in [0.1, 0.15) is 5.75 Å². The highest BCUT2D eigenvalue weighted by molar-refractivity contribution is 14.1. The van der Waals surface area contributed by atoms with Crippen molar-refractivity contribution < 1.29 is 9.47 Å². The van der Waals surface area contributed by atoms with E-state index in [4.69, 9.17) is 9.47 Å². The van der Waals surface area contributed by atoms with Crippen LogP contribution in [0, 0.1) is 5.92 Å². The van der Waals surface area contributed by atoms with Crippen LogP contribution < -0.4 is 4.74 Å². The lowest BCUT2D eigenvalue weighted by molar-refractivity contribution is 0.0628. The molecule has 1 aromatic rings. The Balaban J connectivity index is 1.99. The molecule has 1 aliphatic carbocycles. The van der Waals surface area contributed by atoms with Gasteiger partial charge in [-0.2, -0.15) is 0 Å². The third-order valence-corrected chi connectivity index (χ3v) is 3.64. The molecule has 0 aromatic heterocycles. The van der Waals surface area contributed by atoms with Crippen molar-refractivity contribution in [1.82, 2.24) is 0 Å². The number of halogens is 1. The second kappa shape index (κ2) is 5.87. The molecule has 1 unspecified atom stereocenters. The van der Waals surface area contributed by atoms with Crippen LogP contribution in [0.5, 0.6) is 5.75 Å². The summed E-state index contributed by atoms with van der Waals surface area (Å²) in [5, 5.41) is 0. The molecular weight excluding hydrogens is 315 g/mol. The predicted molar refractivity (Wildman–Crippen MR) is 73.3 cm³/mol. The van der Waals surface area contributed by atoms with E-state index in [9.17, 15) is 0 Å². The summed E-state index contributed by atoms with van der Waals surface area (Å²) in [5.41, 5.74) is 1.22. The summed E-state index contributed by atoms with van der Waals surface area (Å²) >= 11 is 2.38. The topological polar surface area (TPSA) is 18.5 Å². The number of hydrogen-bond donors (Lipinski definition) is 0. The molecular formula is C13H17IO2. The molecule has 1 aliphatic rings. The Morgan fingerprint density at radius 1 is 1.44 bits per heavy atom. The third-order valence-electron chi connectivity index (χ3n) is 2.84. The molecule has 0 N–H and O–H groups in total. The van der Waals surface area contributed by atoms with Crippen molar-refractivity contribution in [3.05, 3.63) is 29.8 Å². The van der Waals surface area contributed by atoms with E-state index in [1.807, 2.05) is 12.1 Å². The summed E-state index contributed by atoms with van der Waals surface area (Å²) in [7, 11) is 1.70. The standard InChI is InChI=1S/C13H17IO2/c1-15-12-4-2-3-11(7-12)13(8-14)16-9-10-5-6-10/h2-4,7,10,13H,5-6,8-9H2,1H3. The fourth-order valence-corrected chi connectivity index (χ4v) is 2.37. The van der Waals surface area contributed by atoms with Gasteiger partial charge in [0.05, 0.1) is 19.8 Å². The second-order valence-electron chi connectivity index (χ2n) is 4.20. The van der Waals surface area contributed by atoms with Gasteiger partial charge in [0.15, 0.2) is 0 Å². The Bertz CT molecular complexity index is 336. The maximum absolute atomic E-state index is 5.94. The lowest BCUT2D eigenvalue weighted by Crippen LogP contribution is -2.08. The number of rotatable bonds is 6. The predicted octanol–water partition coefficient (Wildman–Crippen LogP) is 3.60. The molecule has 88 valence electrons. The largest absolute Gasteiger partial charge is 0.497 e. The molecule has 1 aromatic carbocycles. The van der Waals surface area contributed by atoms with Crippen molar-refractivity contribution in [2.24, 2.45) is 5.92 Å². The van der Waals surface area contributed by atoms with Crippen molar-refractivity contribution in [2.75, 3.05) is 18.1 Å². The summed E-state index contributed by atoms with van der Waals surface area (Å²) in [6.45, 7) is 0.908. The molecule has 1 atom stereocenters. The average molecular weight is 332 g/mol. The SMILES string of the molecule is COc1cccc(C(CI)OCC2CC2)c1. The third kappa shape index (κ3) is 3.35. The second-order valence-corrected chi connectivity index (χ2v) is 5.08. The Morgan fingerprint density at radius 3 is 2.88 bits per heavy atom. The van der Waals surface area contributed by atoms with Crippen molar-refractivity contribution >= 4 is 22.6 Å². The van der Waals surface area contributed by atoms with Crippen LogP contribution in [0.25, 0.3) is 0 Å². The lowest BCUT2D eigenvalue weighted by Gasteiger charge is -2.16. The fourth-order valence-electron chi connectivity index (χ4n) is 1.61. The van der Waals surface area contributed by atoms with Crippen LogP contribution in [0.1, 0.15) is 24.5 Å². The molecule has 16 heavy (non-hydrogen) atoms. The average Bonchev–Trinajstić information content (AvgIpc) is 3.14. The maximum Gasteiger partial charge on any atom is 0.119 e. The molecule has 0 bridgehead atoms. The van der Waals surface area contributed by atoms with E-state index in [0.29, 0.717) is 0 Å². The van der Waals surface area contributed by atoms with E-state index in [-0.39, 0.29) is 6.10 Å². The van der Waals surface area contributed by atoms with Crippen LogP contribution in [0.2, 0.25) is 0 Å². The van der Waals surface area contributed by atoms with Gasteiger partial charge in [-0.05, 0) is 36.5 Å². The van der Waals surface area contributed by atoms with Gasteiger partial charge in [-0.1, -0.05) is 34.7 Å². The normalized spacial score (nSPS) is 17.1. The summed E-state index contributed by atoms with van der Waals surface area (Å²) in [6, 6.07) is 8.16. The molecule has 0 spiro atoms. The van der Waals surface area contributed by atoms with Crippen molar-refractivity contribution in [3.8, 4) is 5.75 Å². The molecule has 1 saturated carbocycles. The van der Waals surface area contributed by atoms with Crippen LogP contribution in [-0.4, -0.2) is 18.1 Å². The Labute approximate surface area is 110 Å². The zero-order chi connectivity index (χ0) is 11.4. The van der Waals surface area contributed by atoms with Gasteiger partial charge in [0, 0.05) is 4.43 Å². The van der Waals surface area contributed by atoms with E-state index >= 15 is 0 Å². The maximum atomic E-state index is 5.94. The first-order chi connectivity index (χ1) is 7.83. The molecule has 2 nitrogen and oxygen atoms in total. The molecule has 3 heteroatoms.